The largest absolute Gasteiger partial charge is 0.465 e. The van der Waals surface area contributed by atoms with Gasteiger partial charge in [0.25, 0.3) is 5.91 Å². The highest BCUT2D eigenvalue weighted by atomic mass is 35.5. The molecule has 0 saturated heterocycles. The molecule has 8 nitrogen and oxygen atoms in total. The Kier molecular flexibility index (Phi) is 6.40. The first-order chi connectivity index (χ1) is 14.9. The van der Waals surface area contributed by atoms with Crippen LogP contribution in [0.15, 0.2) is 28.9 Å². The Morgan fingerprint density at radius 1 is 1.35 bits per heavy atom. The number of halogens is 1. The molecular formula is C20H19ClN4O4S2. The molecule has 3 aromatic heterocycles. The predicted molar refractivity (Wildman–Crippen MR) is 121 cm³/mol. The maximum atomic E-state index is 12.5. The van der Waals surface area contributed by atoms with E-state index in [9.17, 15) is 9.59 Å². The molecule has 4 rings (SSSR count). The van der Waals surface area contributed by atoms with Crippen LogP contribution in [0.3, 0.4) is 0 Å². The second-order valence-electron chi connectivity index (χ2n) is 6.94. The average Bonchev–Trinajstić information content (AvgIpc) is 3.46. The van der Waals surface area contributed by atoms with Crippen molar-refractivity contribution in [2.45, 2.75) is 32.2 Å². The number of ether oxygens (including phenoxy) is 1. The summed E-state index contributed by atoms with van der Waals surface area (Å²) in [6.45, 7) is 0.339. The van der Waals surface area contributed by atoms with Crippen LogP contribution in [0.4, 0.5) is 5.00 Å². The van der Waals surface area contributed by atoms with Gasteiger partial charge in [-0.15, -0.1) is 11.3 Å². The highest BCUT2D eigenvalue weighted by Gasteiger charge is 2.26. The highest BCUT2D eigenvalue weighted by molar-refractivity contribution is 7.80. The number of fused-ring (bicyclic) bond motifs is 1. The topological polar surface area (TPSA) is 98.4 Å². The third kappa shape index (κ3) is 4.81. The number of nitrogens with one attached hydrogen (secondary N) is 2. The van der Waals surface area contributed by atoms with Crippen molar-refractivity contribution in [2.24, 2.45) is 0 Å². The number of methoxy groups -OCH3 is 1. The van der Waals surface area contributed by atoms with E-state index in [1.165, 1.54) is 24.6 Å². The molecule has 1 amide bonds. The van der Waals surface area contributed by atoms with Crippen LogP contribution < -0.4 is 10.6 Å². The Hall–Kier alpha value is -2.69. The van der Waals surface area contributed by atoms with Crippen LogP contribution >= 0.6 is 35.2 Å². The Labute approximate surface area is 192 Å². The molecule has 162 valence electrons. The van der Waals surface area contributed by atoms with Gasteiger partial charge in [-0.25, -0.2) is 4.79 Å². The summed E-state index contributed by atoms with van der Waals surface area (Å²) in [6.07, 6.45) is 7.03. The molecule has 1 aliphatic rings. The average molecular weight is 479 g/mol. The summed E-state index contributed by atoms with van der Waals surface area (Å²) < 4.78 is 12.1. The quantitative estimate of drug-likeness (QED) is 0.422. The van der Waals surface area contributed by atoms with Gasteiger partial charge in [0.05, 0.1) is 30.4 Å². The number of nitrogens with zero attached hydrogens (tertiary/aromatic N) is 2. The molecule has 0 aromatic carbocycles. The van der Waals surface area contributed by atoms with Gasteiger partial charge >= 0.3 is 5.97 Å². The van der Waals surface area contributed by atoms with Gasteiger partial charge in [-0.1, -0.05) is 11.6 Å². The van der Waals surface area contributed by atoms with Crippen LogP contribution in [0.2, 0.25) is 5.02 Å². The first-order valence-corrected chi connectivity index (χ1v) is 11.2. The lowest BCUT2D eigenvalue weighted by molar-refractivity contribution is 0.0601. The lowest BCUT2D eigenvalue weighted by atomic mass is 9.95. The number of aromatic nitrogens is 2. The molecule has 0 aliphatic heterocycles. The van der Waals surface area contributed by atoms with Crippen LogP contribution in [0.25, 0.3) is 0 Å². The molecular weight excluding hydrogens is 460 g/mol. The number of thiocarbonyl (C=S) groups is 1. The molecule has 11 heteroatoms. The van der Waals surface area contributed by atoms with Gasteiger partial charge in [0.15, 0.2) is 10.9 Å². The fourth-order valence-electron chi connectivity index (χ4n) is 3.44. The fourth-order valence-corrected chi connectivity index (χ4v) is 5.14. The monoisotopic (exact) mass is 478 g/mol. The van der Waals surface area contributed by atoms with Gasteiger partial charge in [-0.2, -0.15) is 5.10 Å². The first-order valence-electron chi connectivity index (χ1n) is 9.56. The van der Waals surface area contributed by atoms with Gasteiger partial charge in [-0.05, 0) is 55.6 Å². The van der Waals surface area contributed by atoms with Crippen molar-refractivity contribution < 1.29 is 18.7 Å². The number of carbonyl (C=O) groups excluding carboxylic acids is 2. The molecule has 0 spiro atoms. The SMILES string of the molecule is COC(=O)c1c(NC(=S)NC(=O)c2ccc(Cn3cc(Cl)cn3)o2)sc2c1CCCC2. The van der Waals surface area contributed by atoms with Gasteiger partial charge in [-0.3, -0.25) is 14.8 Å². The molecule has 1 aliphatic carbocycles. The van der Waals surface area contributed by atoms with E-state index in [2.05, 4.69) is 15.7 Å². The summed E-state index contributed by atoms with van der Waals surface area (Å²) in [7, 11) is 1.35. The minimum Gasteiger partial charge on any atom is -0.465 e. The van der Waals surface area contributed by atoms with Crippen molar-refractivity contribution in [3.63, 3.8) is 0 Å². The van der Waals surface area contributed by atoms with Crippen molar-refractivity contribution in [3.8, 4) is 0 Å². The minimum absolute atomic E-state index is 0.0746. The van der Waals surface area contributed by atoms with E-state index in [1.54, 1.807) is 23.0 Å². The molecule has 0 radical (unpaired) electrons. The van der Waals surface area contributed by atoms with Gasteiger partial charge in [0.1, 0.15) is 10.8 Å². The van der Waals surface area contributed by atoms with E-state index >= 15 is 0 Å². The molecule has 0 bridgehead atoms. The standard InChI is InChI=1S/C20H19ClN4O4S2/c1-28-19(27)16-13-4-2-3-5-15(13)31-18(16)24-20(30)23-17(26)14-7-6-12(29-14)10-25-9-11(21)8-22-25/h6-9H,2-5,10H2,1H3,(H2,23,24,26,30). The summed E-state index contributed by atoms with van der Waals surface area (Å²) >= 11 is 12.6. The third-order valence-electron chi connectivity index (χ3n) is 4.82. The third-order valence-corrected chi connectivity index (χ3v) is 6.43. The van der Waals surface area contributed by atoms with Gasteiger partial charge in [0.2, 0.25) is 0 Å². The van der Waals surface area contributed by atoms with E-state index in [4.69, 9.17) is 33.0 Å². The summed E-state index contributed by atoms with van der Waals surface area (Å²) in [5, 5.41) is 10.8. The molecule has 0 atom stereocenters. The Morgan fingerprint density at radius 2 is 2.16 bits per heavy atom. The molecule has 0 unspecified atom stereocenters. The second kappa shape index (κ2) is 9.21. The number of hydrogen-bond donors (Lipinski definition) is 2. The zero-order chi connectivity index (χ0) is 22.0. The second-order valence-corrected chi connectivity index (χ2v) is 8.89. The van der Waals surface area contributed by atoms with Crippen LogP contribution in [-0.4, -0.2) is 33.9 Å². The van der Waals surface area contributed by atoms with Crippen molar-refractivity contribution in [2.75, 3.05) is 12.4 Å². The van der Waals surface area contributed by atoms with E-state index in [0.717, 1.165) is 36.1 Å². The minimum atomic E-state index is -0.497. The highest BCUT2D eigenvalue weighted by Crippen LogP contribution is 2.38. The maximum absolute atomic E-state index is 12.5. The van der Waals surface area contributed by atoms with Crippen LogP contribution in [0, 0.1) is 0 Å². The fraction of sp³-hybridized carbons (Fsp3) is 0.300. The van der Waals surface area contributed by atoms with E-state index in [0.29, 0.717) is 27.9 Å². The number of esters is 1. The molecule has 2 N–H and O–H groups in total. The number of amides is 1. The maximum Gasteiger partial charge on any atom is 0.341 e. The zero-order valence-corrected chi connectivity index (χ0v) is 19.0. The summed E-state index contributed by atoms with van der Waals surface area (Å²) in [6, 6.07) is 3.24. The van der Waals surface area contributed by atoms with E-state index in [-0.39, 0.29) is 10.9 Å². The summed E-state index contributed by atoms with van der Waals surface area (Å²) in [5.74, 6) is -0.257. The van der Waals surface area contributed by atoms with Crippen molar-refractivity contribution in [1.29, 1.82) is 0 Å². The van der Waals surface area contributed by atoms with Crippen LogP contribution in [-0.2, 0) is 24.1 Å². The number of rotatable bonds is 5. The number of thiophene rings is 1. The Morgan fingerprint density at radius 3 is 2.90 bits per heavy atom. The van der Waals surface area contributed by atoms with Crippen LogP contribution in [0.5, 0.6) is 0 Å². The van der Waals surface area contributed by atoms with Gasteiger partial charge < -0.3 is 14.5 Å². The van der Waals surface area contributed by atoms with Crippen LogP contribution in [0.1, 0.15) is 50.0 Å². The first kappa shape index (κ1) is 21.5. The number of carbonyl (C=O) groups is 2. The summed E-state index contributed by atoms with van der Waals surface area (Å²) in [5.41, 5.74) is 1.51. The van der Waals surface area contributed by atoms with E-state index in [1.807, 2.05) is 0 Å². The molecule has 0 fully saturated rings. The number of anilines is 1. The molecule has 0 saturated carbocycles. The molecule has 3 aromatic rings. The molecule has 3 heterocycles. The number of hydrogen-bond acceptors (Lipinski definition) is 7. The zero-order valence-electron chi connectivity index (χ0n) is 16.6. The lowest BCUT2D eigenvalue weighted by Gasteiger charge is -2.12. The molecule has 31 heavy (non-hydrogen) atoms. The van der Waals surface area contributed by atoms with Crippen molar-refractivity contribution in [1.82, 2.24) is 15.1 Å². The van der Waals surface area contributed by atoms with E-state index < -0.39 is 11.9 Å². The Balaban J connectivity index is 1.43. The van der Waals surface area contributed by atoms with Crippen molar-refractivity contribution >= 4 is 57.1 Å². The number of furan rings is 1. The lowest BCUT2D eigenvalue weighted by Crippen LogP contribution is -2.34. The predicted octanol–water partition coefficient (Wildman–Crippen LogP) is 4.03. The van der Waals surface area contributed by atoms with Crippen molar-refractivity contribution in [3.05, 3.63) is 57.1 Å². The van der Waals surface area contributed by atoms with Gasteiger partial charge in [0, 0.05) is 11.1 Å². The smallest absolute Gasteiger partial charge is 0.341 e. The Bertz CT molecular complexity index is 1150. The number of aryl methyl sites for hydroxylation is 1. The normalized spacial score (nSPS) is 12.8. The summed E-state index contributed by atoms with van der Waals surface area (Å²) in [4.78, 5) is 26.0.